The zero-order valence-electron chi connectivity index (χ0n) is 21.3. The van der Waals surface area contributed by atoms with Gasteiger partial charge < -0.3 is 18.6 Å². The predicted octanol–water partition coefficient (Wildman–Crippen LogP) is 4.82. The molecule has 1 unspecified atom stereocenters. The molecule has 7 heteroatoms. The van der Waals surface area contributed by atoms with E-state index < -0.39 is 0 Å². The summed E-state index contributed by atoms with van der Waals surface area (Å²) in [5.41, 5.74) is 1.07. The Bertz CT molecular complexity index is 1350. The first-order valence-electron chi connectivity index (χ1n) is 13.0. The average molecular weight is 482 g/mol. The van der Waals surface area contributed by atoms with Gasteiger partial charge in [-0.3, -0.25) is 9.69 Å². The van der Waals surface area contributed by atoms with Crippen molar-refractivity contribution < 1.29 is 13.9 Å². The summed E-state index contributed by atoms with van der Waals surface area (Å²) >= 11 is 0. The van der Waals surface area contributed by atoms with Crippen molar-refractivity contribution in [1.82, 2.24) is 14.0 Å². The molecule has 1 aliphatic heterocycles. The van der Waals surface area contributed by atoms with Crippen molar-refractivity contribution in [2.45, 2.75) is 52.6 Å². The number of para-hydroxylation sites is 1. The summed E-state index contributed by atoms with van der Waals surface area (Å²) in [5.74, 6) is 0.901. The highest BCUT2D eigenvalue weighted by Crippen LogP contribution is 2.67. The maximum atomic E-state index is 16.1. The van der Waals surface area contributed by atoms with Crippen molar-refractivity contribution in [2.75, 3.05) is 40.0 Å². The molecule has 1 saturated heterocycles. The summed E-state index contributed by atoms with van der Waals surface area (Å²) in [6.07, 6.45) is 4.88. The van der Waals surface area contributed by atoms with Crippen LogP contribution in [0, 0.1) is 22.6 Å². The molecule has 3 fully saturated rings. The Labute approximate surface area is 205 Å². The van der Waals surface area contributed by atoms with Gasteiger partial charge in [0.1, 0.15) is 5.75 Å². The van der Waals surface area contributed by atoms with Gasteiger partial charge in [0.25, 0.3) is 5.56 Å². The van der Waals surface area contributed by atoms with Gasteiger partial charge in [0, 0.05) is 43.8 Å². The van der Waals surface area contributed by atoms with Crippen molar-refractivity contribution in [1.29, 1.82) is 0 Å². The van der Waals surface area contributed by atoms with Gasteiger partial charge >= 0.3 is 0 Å². The summed E-state index contributed by atoms with van der Waals surface area (Å²) in [5, 5.41) is 1.24. The van der Waals surface area contributed by atoms with Crippen LogP contribution in [-0.4, -0.2) is 54.0 Å². The zero-order valence-corrected chi connectivity index (χ0v) is 21.3. The lowest BCUT2D eigenvalue weighted by Crippen LogP contribution is -2.42. The van der Waals surface area contributed by atoms with Crippen LogP contribution in [0.1, 0.15) is 46.1 Å². The lowest BCUT2D eigenvalue weighted by molar-refractivity contribution is 0.0366. The molecular formula is C28H36FN3O3. The van der Waals surface area contributed by atoms with Crippen molar-refractivity contribution in [2.24, 2.45) is 16.7 Å². The van der Waals surface area contributed by atoms with Gasteiger partial charge in [0.2, 0.25) is 0 Å². The fraction of sp³-hybridized carbons (Fsp3) is 0.607. The van der Waals surface area contributed by atoms with Crippen molar-refractivity contribution in [3.05, 3.63) is 40.6 Å². The van der Waals surface area contributed by atoms with Crippen LogP contribution in [0.5, 0.6) is 5.75 Å². The second-order valence-corrected chi connectivity index (χ2v) is 11.7. The first-order chi connectivity index (χ1) is 16.8. The molecular weight excluding hydrogens is 445 g/mol. The number of fused-ring (bicyclic) bond motifs is 5. The number of methoxy groups -OCH3 is 1. The molecule has 3 aliphatic rings. The maximum Gasteiger partial charge on any atom is 0.261 e. The summed E-state index contributed by atoms with van der Waals surface area (Å²) in [4.78, 5) is 16.5. The summed E-state index contributed by atoms with van der Waals surface area (Å²) < 4.78 is 31.0. The number of hydrogen-bond donors (Lipinski definition) is 0. The van der Waals surface area contributed by atoms with Crippen LogP contribution in [0.15, 0.2) is 29.2 Å². The van der Waals surface area contributed by atoms with Gasteiger partial charge in [-0.15, -0.1) is 0 Å². The third kappa shape index (κ3) is 3.30. The SMILES string of the molecule is COc1cccc2c3c(=O)n([C@@H]4C(C)(C)C5CC[C@@]4(C)C5)cc(F)c3n(CCN3CCOCC3)c12. The van der Waals surface area contributed by atoms with Crippen LogP contribution in [0.3, 0.4) is 0 Å². The molecule has 2 saturated carbocycles. The first kappa shape index (κ1) is 23.0. The van der Waals surface area contributed by atoms with Crippen molar-refractivity contribution >= 4 is 21.8 Å². The molecule has 2 bridgehead atoms. The van der Waals surface area contributed by atoms with Crippen LogP contribution in [-0.2, 0) is 11.3 Å². The lowest BCUT2D eigenvalue weighted by atomic mass is 9.68. The molecule has 3 aromatic rings. The molecule has 6 nitrogen and oxygen atoms in total. The average Bonchev–Trinajstić information content (AvgIpc) is 3.46. The van der Waals surface area contributed by atoms with E-state index >= 15 is 4.39 Å². The van der Waals surface area contributed by atoms with Crippen molar-refractivity contribution in [3.63, 3.8) is 0 Å². The van der Waals surface area contributed by atoms with E-state index in [0.717, 1.165) is 43.4 Å². The van der Waals surface area contributed by atoms with Gasteiger partial charge in [-0.2, -0.15) is 0 Å². The van der Waals surface area contributed by atoms with Crippen molar-refractivity contribution in [3.8, 4) is 5.75 Å². The Morgan fingerprint density at radius 2 is 1.91 bits per heavy atom. The Kier molecular flexibility index (Phi) is 5.31. The fourth-order valence-electron chi connectivity index (χ4n) is 7.83. The quantitative estimate of drug-likeness (QED) is 0.524. The number of halogens is 1. The van der Waals surface area contributed by atoms with E-state index in [1.807, 2.05) is 22.8 Å². The summed E-state index contributed by atoms with van der Waals surface area (Å²) in [7, 11) is 1.63. The van der Waals surface area contributed by atoms with Crippen LogP contribution in [0.25, 0.3) is 21.8 Å². The minimum absolute atomic E-state index is 0.0162. The van der Waals surface area contributed by atoms with Gasteiger partial charge in [-0.05, 0) is 42.1 Å². The number of benzene rings is 1. The third-order valence-corrected chi connectivity index (χ3v) is 9.41. The summed E-state index contributed by atoms with van der Waals surface area (Å²) in [6.45, 7) is 11.3. The Morgan fingerprint density at radius 1 is 1.14 bits per heavy atom. The van der Waals surface area contributed by atoms with E-state index in [9.17, 15) is 4.79 Å². The Balaban J connectivity index is 1.56. The number of aromatic nitrogens is 2. The van der Waals surface area contributed by atoms with E-state index in [4.69, 9.17) is 9.47 Å². The molecule has 6 rings (SSSR count). The predicted molar refractivity (Wildman–Crippen MR) is 136 cm³/mol. The summed E-state index contributed by atoms with van der Waals surface area (Å²) in [6, 6.07) is 5.70. The Morgan fingerprint density at radius 3 is 2.60 bits per heavy atom. The normalized spacial score (nSPS) is 28.4. The van der Waals surface area contributed by atoms with E-state index in [0.29, 0.717) is 42.3 Å². The Hall–Kier alpha value is -2.38. The van der Waals surface area contributed by atoms with Gasteiger partial charge in [0.05, 0.1) is 36.7 Å². The van der Waals surface area contributed by atoms with Crippen LogP contribution in [0.2, 0.25) is 0 Å². The first-order valence-corrected chi connectivity index (χ1v) is 13.0. The molecule has 3 heterocycles. The minimum Gasteiger partial charge on any atom is -0.495 e. The number of rotatable bonds is 5. The van der Waals surface area contributed by atoms with Crippen LogP contribution >= 0.6 is 0 Å². The molecule has 0 radical (unpaired) electrons. The number of ether oxygens (including phenoxy) is 2. The highest BCUT2D eigenvalue weighted by atomic mass is 19.1. The number of hydrogen-bond acceptors (Lipinski definition) is 4. The van der Waals surface area contributed by atoms with E-state index in [2.05, 4.69) is 25.7 Å². The molecule has 3 atom stereocenters. The smallest absolute Gasteiger partial charge is 0.261 e. The third-order valence-electron chi connectivity index (χ3n) is 9.41. The van der Waals surface area contributed by atoms with Gasteiger partial charge in [0.15, 0.2) is 5.82 Å². The van der Waals surface area contributed by atoms with Gasteiger partial charge in [-0.1, -0.05) is 32.9 Å². The highest BCUT2D eigenvalue weighted by molar-refractivity contribution is 6.09. The number of morpholine rings is 1. The lowest BCUT2D eigenvalue weighted by Gasteiger charge is -2.43. The maximum absolute atomic E-state index is 16.1. The molecule has 0 amide bonds. The minimum atomic E-state index is -0.331. The molecule has 2 aliphatic carbocycles. The van der Waals surface area contributed by atoms with Gasteiger partial charge in [-0.25, -0.2) is 4.39 Å². The number of pyridine rings is 1. The molecule has 1 aromatic carbocycles. The van der Waals surface area contributed by atoms with E-state index in [1.165, 1.54) is 12.6 Å². The molecule has 35 heavy (non-hydrogen) atoms. The van der Waals surface area contributed by atoms with E-state index in [-0.39, 0.29) is 28.2 Å². The standard InChI is InChI=1S/C28H36FN3O3/c1-27(2)18-8-9-28(3,16-18)26(27)32-17-20(29)24-22(25(32)33)19-6-5-7-21(34-4)23(19)31(24)11-10-30-12-14-35-15-13-30/h5-7,17-18,26H,8-16H2,1-4H3/t18?,26-,28+/m1/s1. The molecule has 2 aromatic heterocycles. The zero-order chi connectivity index (χ0) is 24.5. The molecule has 0 N–H and O–H groups in total. The molecule has 0 spiro atoms. The van der Waals surface area contributed by atoms with Crippen LogP contribution < -0.4 is 10.3 Å². The van der Waals surface area contributed by atoms with E-state index in [1.54, 1.807) is 11.7 Å². The monoisotopic (exact) mass is 481 g/mol. The molecule has 188 valence electrons. The fourth-order valence-corrected chi connectivity index (χ4v) is 7.83. The topological polar surface area (TPSA) is 48.6 Å². The number of nitrogens with zero attached hydrogens (tertiary/aromatic N) is 3. The second-order valence-electron chi connectivity index (χ2n) is 11.7. The highest BCUT2D eigenvalue weighted by Gasteiger charge is 2.60. The largest absolute Gasteiger partial charge is 0.495 e. The van der Waals surface area contributed by atoms with Crippen LogP contribution in [0.4, 0.5) is 4.39 Å². The second kappa shape index (κ2) is 8.07.